The maximum Gasteiger partial charge on any atom is 0.308 e. The Kier molecular flexibility index (Phi) is 6.60. The minimum atomic E-state index is -0.230. The maximum absolute atomic E-state index is 12.6. The Hall–Kier alpha value is -1.63. The smallest absolute Gasteiger partial charge is 0.308 e. The SMILES string of the molecule is COC(=O)C1CCN(C(=O)C2CC(=O)N(CCCN(C)C)C2)CC1. The molecule has 136 valence electrons. The largest absolute Gasteiger partial charge is 0.469 e. The molecular weight excluding hydrogens is 310 g/mol. The zero-order valence-corrected chi connectivity index (χ0v) is 15.0. The van der Waals surface area contributed by atoms with Crippen molar-refractivity contribution in [3.63, 3.8) is 0 Å². The second-order valence-corrected chi connectivity index (χ2v) is 7.02. The van der Waals surface area contributed by atoms with Crippen LogP contribution in [0.2, 0.25) is 0 Å². The highest BCUT2D eigenvalue weighted by molar-refractivity contribution is 5.89. The molecule has 0 radical (unpaired) electrons. The lowest BCUT2D eigenvalue weighted by Crippen LogP contribution is -2.44. The predicted molar refractivity (Wildman–Crippen MR) is 89.2 cm³/mol. The molecule has 0 aromatic heterocycles. The van der Waals surface area contributed by atoms with Crippen molar-refractivity contribution in [2.75, 3.05) is 53.9 Å². The average Bonchev–Trinajstić information content (AvgIpc) is 2.94. The van der Waals surface area contributed by atoms with Crippen molar-refractivity contribution in [3.8, 4) is 0 Å². The highest BCUT2D eigenvalue weighted by atomic mass is 16.5. The zero-order valence-electron chi connectivity index (χ0n) is 15.0. The minimum Gasteiger partial charge on any atom is -0.469 e. The van der Waals surface area contributed by atoms with E-state index in [-0.39, 0.29) is 29.6 Å². The van der Waals surface area contributed by atoms with Gasteiger partial charge in [0.15, 0.2) is 0 Å². The number of esters is 1. The number of methoxy groups -OCH3 is 1. The van der Waals surface area contributed by atoms with Gasteiger partial charge in [-0.15, -0.1) is 0 Å². The second-order valence-electron chi connectivity index (χ2n) is 7.02. The first-order valence-corrected chi connectivity index (χ1v) is 8.71. The second kappa shape index (κ2) is 8.46. The van der Waals surface area contributed by atoms with Crippen molar-refractivity contribution < 1.29 is 19.1 Å². The number of carbonyl (C=O) groups excluding carboxylic acids is 3. The summed E-state index contributed by atoms with van der Waals surface area (Å²) in [7, 11) is 5.42. The minimum absolute atomic E-state index is 0.0572. The number of carbonyl (C=O) groups is 3. The molecule has 0 aromatic carbocycles. The van der Waals surface area contributed by atoms with E-state index in [9.17, 15) is 14.4 Å². The Morgan fingerprint density at radius 3 is 2.46 bits per heavy atom. The van der Waals surface area contributed by atoms with E-state index in [1.165, 1.54) is 7.11 Å². The Morgan fingerprint density at radius 2 is 1.88 bits per heavy atom. The van der Waals surface area contributed by atoms with Crippen LogP contribution in [0.4, 0.5) is 0 Å². The molecule has 7 nitrogen and oxygen atoms in total. The average molecular weight is 339 g/mol. The summed E-state index contributed by atoms with van der Waals surface area (Å²) in [6.45, 7) is 3.32. The summed E-state index contributed by atoms with van der Waals surface area (Å²) in [4.78, 5) is 42.0. The molecule has 2 fully saturated rings. The van der Waals surface area contributed by atoms with Gasteiger partial charge in [0.05, 0.1) is 18.9 Å². The molecule has 0 bridgehead atoms. The van der Waals surface area contributed by atoms with E-state index >= 15 is 0 Å². The molecule has 0 aromatic rings. The van der Waals surface area contributed by atoms with Crippen molar-refractivity contribution in [1.29, 1.82) is 0 Å². The van der Waals surface area contributed by atoms with Gasteiger partial charge in [-0.1, -0.05) is 0 Å². The predicted octanol–water partition coefficient (Wildman–Crippen LogP) is 0.198. The van der Waals surface area contributed by atoms with Crippen LogP contribution >= 0.6 is 0 Å². The molecule has 24 heavy (non-hydrogen) atoms. The van der Waals surface area contributed by atoms with Gasteiger partial charge in [-0.05, 0) is 39.9 Å². The fourth-order valence-corrected chi connectivity index (χ4v) is 3.49. The van der Waals surface area contributed by atoms with Crippen molar-refractivity contribution in [1.82, 2.24) is 14.7 Å². The number of ether oxygens (including phenoxy) is 1. The van der Waals surface area contributed by atoms with E-state index < -0.39 is 0 Å². The fourth-order valence-electron chi connectivity index (χ4n) is 3.49. The molecule has 2 rings (SSSR count). The number of amides is 2. The van der Waals surface area contributed by atoms with Crippen LogP contribution in [-0.4, -0.2) is 86.4 Å². The third-order valence-corrected chi connectivity index (χ3v) is 4.94. The molecule has 0 aliphatic carbocycles. The first-order valence-electron chi connectivity index (χ1n) is 8.71. The van der Waals surface area contributed by atoms with Crippen LogP contribution in [0.1, 0.15) is 25.7 Å². The van der Waals surface area contributed by atoms with Gasteiger partial charge < -0.3 is 19.4 Å². The van der Waals surface area contributed by atoms with Crippen molar-refractivity contribution in [2.24, 2.45) is 11.8 Å². The summed E-state index contributed by atoms with van der Waals surface area (Å²) in [6.07, 6.45) is 2.53. The third kappa shape index (κ3) is 4.69. The summed E-state index contributed by atoms with van der Waals surface area (Å²) >= 11 is 0. The monoisotopic (exact) mass is 339 g/mol. The molecule has 0 spiro atoms. The Balaban J connectivity index is 1.79. The number of piperidine rings is 1. The van der Waals surface area contributed by atoms with E-state index in [1.807, 2.05) is 19.0 Å². The van der Waals surface area contributed by atoms with Gasteiger partial charge in [-0.25, -0.2) is 0 Å². The van der Waals surface area contributed by atoms with E-state index in [4.69, 9.17) is 4.74 Å². The number of hydrogen-bond donors (Lipinski definition) is 0. The molecule has 1 atom stereocenters. The first-order chi connectivity index (χ1) is 11.4. The zero-order chi connectivity index (χ0) is 17.7. The summed E-state index contributed by atoms with van der Waals surface area (Å²) in [5, 5.41) is 0. The molecule has 0 N–H and O–H groups in total. The first kappa shape index (κ1) is 18.7. The van der Waals surface area contributed by atoms with Gasteiger partial charge in [-0.3, -0.25) is 14.4 Å². The molecular formula is C17H29N3O4. The molecule has 1 unspecified atom stereocenters. The van der Waals surface area contributed by atoms with Crippen molar-refractivity contribution >= 4 is 17.8 Å². The maximum atomic E-state index is 12.6. The van der Waals surface area contributed by atoms with Crippen LogP contribution in [0.5, 0.6) is 0 Å². The Bertz CT molecular complexity index is 472. The molecule has 2 aliphatic rings. The Morgan fingerprint density at radius 1 is 1.21 bits per heavy atom. The van der Waals surface area contributed by atoms with Gasteiger partial charge in [0.1, 0.15) is 0 Å². The highest BCUT2D eigenvalue weighted by Crippen LogP contribution is 2.24. The molecule has 2 amide bonds. The van der Waals surface area contributed by atoms with Gasteiger partial charge in [0.2, 0.25) is 11.8 Å². The molecule has 2 heterocycles. The van der Waals surface area contributed by atoms with Gasteiger partial charge in [0.25, 0.3) is 0 Å². The van der Waals surface area contributed by atoms with Gasteiger partial charge >= 0.3 is 5.97 Å². The van der Waals surface area contributed by atoms with Crippen LogP contribution in [0.15, 0.2) is 0 Å². The molecule has 0 saturated carbocycles. The highest BCUT2D eigenvalue weighted by Gasteiger charge is 2.37. The van der Waals surface area contributed by atoms with Crippen LogP contribution in [0.3, 0.4) is 0 Å². The fraction of sp³-hybridized carbons (Fsp3) is 0.824. The molecule has 2 aliphatic heterocycles. The topological polar surface area (TPSA) is 70.2 Å². The van der Waals surface area contributed by atoms with E-state index in [1.54, 1.807) is 4.90 Å². The summed E-state index contributed by atoms with van der Waals surface area (Å²) in [5.41, 5.74) is 0. The van der Waals surface area contributed by atoms with Crippen LogP contribution < -0.4 is 0 Å². The van der Waals surface area contributed by atoms with E-state index in [0.717, 1.165) is 13.0 Å². The number of likely N-dealkylation sites (tertiary alicyclic amines) is 2. The third-order valence-electron chi connectivity index (χ3n) is 4.94. The van der Waals surface area contributed by atoms with Crippen molar-refractivity contribution in [2.45, 2.75) is 25.7 Å². The van der Waals surface area contributed by atoms with Crippen LogP contribution in [0, 0.1) is 11.8 Å². The summed E-state index contributed by atoms with van der Waals surface area (Å²) in [5.74, 6) is -0.387. The van der Waals surface area contributed by atoms with Crippen LogP contribution in [0.25, 0.3) is 0 Å². The lowest BCUT2D eigenvalue weighted by atomic mass is 9.95. The lowest BCUT2D eigenvalue weighted by Gasteiger charge is -2.32. The van der Waals surface area contributed by atoms with Crippen molar-refractivity contribution in [3.05, 3.63) is 0 Å². The number of hydrogen-bond acceptors (Lipinski definition) is 5. The van der Waals surface area contributed by atoms with Gasteiger partial charge in [-0.2, -0.15) is 0 Å². The van der Waals surface area contributed by atoms with E-state index in [0.29, 0.717) is 45.4 Å². The normalized spacial score (nSPS) is 22.3. The standard InChI is InChI=1S/C17H29N3O4/c1-18(2)7-4-8-20-12-14(11-15(20)21)16(22)19-9-5-13(6-10-19)17(23)24-3/h13-14H,4-12H2,1-3H3. The molecule has 7 heteroatoms. The summed E-state index contributed by atoms with van der Waals surface area (Å²) < 4.78 is 4.77. The van der Waals surface area contributed by atoms with E-state index in [2.05, 4.69) is 4.90 Å². The lowest BCUT2D eigenvalue weighted by molar-refractivity contribution is -0.149. The van der Waals surface area contributed by atoms with Crippen LogP contribution in [-0.2, 0) is 19.1 Å². The summed E-state index contributed by atoms with van der Waals surface area (Å²) in [6, 6.07) is 0. The Labute approximate surface area is 143 Å². The number of nitrogens with zero attached hydrogens (tertiary/aromatic N) is 3. The van der Waals surface area contributed by atoms with Gasteiger partial charge in [0, 0.05) is 32.6 Å². The number of rotatable bonds is 6. The molecule has 2 saturated heterocycles. The quantitative estimate of drug-likeness (QED) is 0.647.